The van der Waals surface area contributed by atoms with E-state index in [2.05, 4.69) is 18.8 Å². The van der Waals surface area contributed by atoms with E-state index in [4.69, 9.17) is 5.73 Å². The molecule has 0 radical (unpaired) electrons. The number of sulfonamides is 1. The summed E-state index contributed by atoms with van der Waals surface area (Å²) in [5.41, 5.74) is 6.32. The van der Waals surface area contributed by atoms with Crippen LogP contribution in [0, 0.1) is 12.3 Å². The summed E-state index contributed by atoms with van der Waals surface area (Å²) >= 11 is 1.06. The first-order valence-electron chi connectivity index (χ1n) is 6.45. The fraction of sp³-hybridized carbons (Fsp3) is 0.750. The van der Waals surface area contributed by atoms with Crippen molar-refractivity contribution in [2.24, 2.45) is 5.41 Å². The van der Waals surface area contributed by atoms with Crippen molar-refractivity contribution in [3.8, 4) is 0 Å². The zero-order chi connectivity index (χ0) is 14.3. The molecule has 0 amide bonds. The van der Waals surface area contributed by atoms with Gasteiger partial charge in [0.25, 0.3) is 10.0 Å². The number of hydrogen-bond donors (Lipinski definition) is 1. The first-order chi connectivity index (χ1) is 8.72. The highest BCUT2D eigenvalue weighted by Crippen LogP contribution is 2.34. The zero-order valence-corrected chi connectivity index (χ0v) is 13.3. The van der Waals surface area contributed by atoms with E-state index in [-0.39, 0.29) is 5.41 Å². The van der Waals surface area contributed by atoms with Crippen LogP contribution < -0.4 is 5.73 Å². The summed E-state index contributed by atoms with van der Waals surface area (Å²) in [4.78, 5) is 4.01. The van der Waals surface area contributed by atoms with Gasteiger partial charge in [-0.3, -0.25) is 0 Å². The van der Waals surface area contributed by atoms with Gasteiger partial charge in [0.15, 0.2) is 9.34 Å². The SMILES string of the molecule is Cc1nc(N)sc1S(=O)(=O)N1CCCC(C)(C)CC1. The molecule has 7 heteroatoms. The van der Waals surface area contributed by atoms with Crippen molar-refractivity contribution in [2.45, 2.75) is 44.2 Å². The average Bonchev–Trinajstić information content (AvgIpc) is 2.52. The number of nitrogens with zero attached hydrogens (tertiary/aromatic N) is 2. The molecular formula is C12H21N3O2S2. The topological polar surface area (TPSA) is 76.3 Å². The minimum absolute atomic E-state index is 0.214. The molecule has 0 saturated carbocycles. The molecular weight excluding hydrogens is 282 g/mol. The Balaban J connectivity index is 2.28. The predicted molar refractivity (Wildman–Crippen MR) is 77.7 cm³/mol. The van der Waals surface area contributed by atoms with Crippen molar-refractivity contribution >= 4 is 26.5 Å². The van der Waals surface area contributed by atoms with Crippen LogP contribution in [-0.2, 0) is 10.0 Å². The standard InChI is InChI=1S/C12H21N3O2S2/c1-9-10(18-11(13)14-9)19(16,17)15-7-4-5-12(2,3)6-8-15/h4-8H2,1-3H3,(H2,13,14). The molecule has 1 saturated heterocycles. The third-order valence-electron chi connectivity index (χ3n) is 3.64. The van der Waals surface area contributed by atoms with Gasteiger partial charge in [-0.25, -0.2) is 13.4 Å². The Morgan fingerprint density at radius 1 is 1.32 bits per heavy atom. The van der Waals surface area contributed by atoms with Gasteiger partial charge >= 0.3 is 0 Å². The van der Waals surface area contributed by atoms with Gasteiger partial charge in [0.05, 0.1) is 5.69 Å². The summed E-state index contributed by atoms with van der Waals surface area (Å²) in [7, 11) is -3.44. The van der Waals surface area contributed by atoms with Gasteiger partial charge in [-0.2, -0.15) is 4.31 Å². The van der Waals surface area contributed by atoms with E-state index in [1.807, 2.05) is 0 Å². The van der Waals surface area contributed by atoms with Crippen LogP contribution in [0.3, 0.4) is 0 Å². The molecule has 1 aromatic rings. The fourth-order valence-corrected chi connectivity index (χ4v) is 5.31. The van der Waals surface area contributed by atoms with Crippen LogP contribution in [0.4, 0.5) is 5.13 Å². The molecule has 2 heterocycles. The third-order valence-corrected chi connectivity index (χ3v) is 7.12. The largest absolute Gasteiger partial charge is 0.375 e. The maximum absolute atomic E-state index is 12.6. The molecule has 0 aromatic carbocycles. The summed E-state index contributed by atoms with van der Waals surface area (Å²) in [6.45, 7) is 7.25. The third kappa shape index (κ3) is 3.09. The molecule has 1 fully saturated rings. The Hall–Kier alpha value is -0.660. The number of anilines is 1. The van der Waals surface area contributed by atoms with Crippen LogP contribution in [0.2, 0.25) is 0 Å². The van der Waals surface area contributed by atoms with Crippen LogP contribution in [0.5, 0.6) is 0 Å². The molecule has 19 heavy (non-hydrogen) atoms. The minimum atomic E-state index is -3.44. The van der Waals surface area contributed by atoms with E-state index >= 15 is 0 Å². The highest BCUT2D eigenvalue weighted by molar-refractivity contribution is 7.91. The maximum Gasteiger partial charge on any atom is 0.254 e. The zero-order valence-electron chi connectivity index (χ0n) is 11.6. The first kappa shape index (κ1) is 14.7. The predicted octanol–water partition coefficient (Wildman–Crippen LogP) is 2.23. The molecule has 1 aromatic heterocycles. The van der Waals surface area contributed by atoms with Crippen LogP contribution in [-0.4, -0.2) is 30.8 Å². The normalized spacial score (nSPS) is 21.2. The van der Waals surface area contributed by atoms with E-state index in [0.29, 0.717) is 28.1 Å². The highest BCUT2D eigenvalue weighted by atomic mass is 32.2. The van der Waals surface area contributed by atoms with Crippen LogP contribution in [0.15, 0.2) is 4.21 Å². The van der Waals surface area contributed by atoms with E-state index in [9.17, 15) is 8.42 Å². The smallest absolute Gasteiger partial charge is 0.254 e. The van der Waals surface area contributed by atoms with Crippen molar-refractivity contribution < 1.29 is 8.42 Å². The molecule has 2 N–H and O–H groups in total. The van der Waals surface area contributed by atoms with Crippen LogP contribution in [0.1, 0.15) is 38.8 Å². The summed E-state index contributed by atoms with van der Waals surface area (Å²) in [5, 5.41) is 0.311. The fourth-order valence-electron chi connectivity index (χ4n) is 2.40. The lowest BCUT2D eigenvalue weighted by Crippen LogP contribution is -2.32. The first-order valence-corrected chi connectivity index (χ1v) is 8.71. The molecule has 0 unspecified atom stereocenters. The second-order valence-electron chi connectivity index (χ2n) is 5.85. The maximum atomic E-state index is 12.6. The van der Waals surface area contributed by atoms with Gasteiger partial charge in [0.2, 0.25) is 0 Å². The van der Waals surface area contributed by atoms with Crippen molar-refractivity contribution in [3.05, 3.63) is 5.69 Å². The highest BCUT2D eigenvalue weighted by Gasteiger charge is 2.32. The Kier molecular flexibility index (Phi) is 3.90. The number of aryl methyl sites for hydroxylation is 1. The van der Waals surface area contributed by atoms with Crippen molar-refractivity contribution in [3.63, 3.8) is 0 Å². The summed E-state index contributed by atoms with van der Waals surface area (Å²) in [6.07, 6.45) is 2.85. The van der Waals surface area contributed by atoms with E-state index in [0.717, 1.165) is 30.6 Å². The van der Waals surface area contributed by atoms with E-state index < -0.39 is 10.0 Å². The molecule has 1 aliphatic rings. The summed E-state index contributed by atoms with van der Waals surface area (Å²) in [6, 6.07) is 0. The van der Waals surface area contributed by atoms with Crippen molar-refractivity contribution in [2.75, 3.05) is 18.8 Å². The van der Waals surface area contributed by atoms with Crippen molar-refractivity contribution in [1.29, 1.82) is 0 Å². The Morgan fingerprint density at radius 2 is 2.00 bits per heavy atom. The monoisotopic (exact) mass is 303 g/mol. The molecule has 0 spiro atoms. The summed E-state index contributed by atoms with van der Waals surface area (Å²) < 4.78 is 27.1. The average molecular weight is 303 g/mol. The molecule has 0 aliphatic carbocycles. The number of nitrogen functional groups attached to an aromatic ring is 1. The molecule has 0 bridgehead atoms. The molecule has 1 aliphatic heterocycles. The molecule has 5 nitrogen and oxygen atoms in total. The van der Waals surface area contributed by atoms with Gasteiger partial charge in [-0.05, 0) is 31.6 Å². The number of thiazole rings is 1. The van der Waals surface area contributed by atoms with Crippen molar-refractivity contribution in [1.82, 2.24) is 9.29 Å². The Bertz CT molecular complexity index is 564. The molecule has 0 atom stereocenters. The van der Waals surface area contributed by atoms with E-state index in [1.54, 1.807) is 11.2 Å². The number of aromatic nitrogens is 1. The van der Waals surface area contributed by atoms with Gasteiger partial charge < -0.3 is 5.73 Å². The molecule has 2 rings (SSSR count). The minimum Gasteiger partial charge on any atom is -0.375 e. The molecule has 108 valence electrons. The Morgan fingerprint density at radius 3 is 2.58 bits per heavy atom. The van der Waals surface area contributed by atoms with Gasteiger partial charge in [0.1, 0.15) is 0 Å². The lowest BCUT2D eigenvalue weighted by molar-refractivity contribution is 0.315. The lowest BCUT2D eigenvalue weighted by Gasteiger charge is -2.22. The Labute approximate surface area is 118 Å². The second-order valence-corrected chi connectivity index (χ2v) is 9.01. The van der Waals surface area contributed by atoms with Crippen LogP contribution in [0.25, 0.3) is 0 Å². The van der Waals surface area contributed by atoms with Gasteiger partial charge in [0, 0.05) is 13.1 Å². The van der Waals surface area contributed by atoms with E-state index in [1.165, 1.54) is 0 Å². The quantitative estimate of drug-likeness (QED) is 0.909. The second kappa shape index (κ2) is 5.03. The lowest BCUT2D eigenvalue weighted by atomic mass is 9.85. The summed E-state index contributed by atoms with van der Waals surface area (Å²) in [5.74, 6) is 0. The van der Waals surface area contributed by atoms with Gasteiger partial charge in [-0.15, -0.1) is 0 Å². The number of rotatable bonds is 2. The van der Waals surface area contributed by atoms with Gasteiger partial charge in [-0.1, -0.05) is 25.2 Å². The number of nitrogens with two attached hydrogens (primary N) is 1. The number of hydrogen-bond acceptors (Lipinski definition) is 5. The van der Waals surface area contributed by atoms with Crippen LogP contribution >= 0.6 is 11.3 Å².